The van der Waals surface area contributed by atoms with Gasteiger partial charge in [0.2, 0.25) is 10.0 Å². The normalized spacial score (nSPS) is 14.5. The molecule has 33 heavy (non-hydrogen) atoms. The summed E-state index contributed by atoms with van der Waals surface area (Å²) in [5, 5.41) is 0. The number of aromatic amines is 2. The minimum absolute atomic E-state index is 0.297. The van der Waals surface area contributed by atoms with Crippen molar-refractivity contribution in [3.63, 3.8) is 0 Å². The van der Waals surface area contributed by atoms with Crippen molar-refractivity contribution in [3.05, 3.63) is 95.9 Å². The number of imidazole rings is 2. The van der Waals surface area contributed by atoms with E-state index in [-0.39, 0.29) is 0 Å². The Kier molecular flexibility index (Phi) is 6.03. The molecule has 0 bridgehead atoms. The van der Waals surface area contributed by atoms with Gasteiger partial charge < -0.3 is 9.97 Å². The highest BCUT2D eigenvalue weighted by molar-refractivity contribution is 7.89. The maximum absolute atomic E-state index is 13.4. The van der Waals surface area contributed by atoms with Gasteiger partial charge in [0.15, 0.2) is 0 Å². The summed E-state index contributed by atoms with van der Waals surface area (Å²) in [6.07, 6.45) is 9.40. The molecule has 0 saturated carbocycles. The van der Waals surface area contributed by atoms with Crippen LogP contribution in [0.25, 0.3) is 0 Å². The van der Waals surface area contributed by atoms with Crippen molar-refractivity contribution in [2.75, 3.05) is 6.54 Å². The molecule has 9 nitrogen and oxygen atoms in total. The molecule has 0 fully saturated rings. The van der Waals surface area contributed by atoms with E-state index in [1.807, 2.05) is 18.2 Å². The third kappa shape index (κ3) is 4.87. The summed E-state index contributed by atoms with van der Waals surface area (Å²) in [4.78, 5) is 21.7. The fraction of sp³-hybridized carbons (Fsp3) is 0.261. The molecular weight excluding hydrogens is 438 g/mol. The first-order valence-corrected chi connectivity index (χ1v) is 12.2. The van der Waals surface area contributed by atoms with Gasteiger partial charge in [-0.25, -0.2) is 18.4 Å². The summed E-state index contributed by atoms with van der Waals surface area (Å²) < 4.78 is 28.3. The Morgan fingerprint density at radius 3 is 2.36 bits per heavy atom. The maximum Gasteiger partial charge on any atom is 0.243 e. The van der Waals surface area contributed by atoms with Gasteiger partial charge in [-0.1, -0.05) is 18.2 Å². The van der Waals surface area contributed by atoms with Gasteiger partial charge >= 0.3 is 0 Å². The molecule has 1 aromatic carbocycles. The van der Waals surface area contributed by atoms with E-state index in [0.29, 0.717) is 44.0 Å². The summed E-state index contributed by atoms with van der Waals surface area (Å²) in [6, 6.07) is 11.1. The Morgan fingerprint density at radius 1 is 0.909 bits per heavy atom. The number of pyridine rings is 1. The molecule has 5 rings (SSSR count). The number of hydrogen-bond acceptors (Lipinski definition) is 6. The summed E-state index contributed by atoms with van der Waals surface area (Å²) in [5.74, 6) is 1.68. The second-order valence-electron chi connectivity index (χ2n) is 8.06. The van der Waals surface area contributed by atoms with Crippen molar-refractivity contribution in [3.8, 4) is 0 Å². The zero-order valence-electron chi connectivity index (χ0n) is 18.1. The molecule has 0 atom stereocenters. The van der Waals surface area contributed by atoms with Crippen LogP contribution in [-0.2, 0) is 42.6 Å². The van der Waals surface area contributed by atoms with E-state index < -0.39 is 10.0 Å². The van der Waals surface area contributed by atoms with E-state index in [9.17, 15) is 8.42 Å². The summed E-state index contributed by atoms with van der Waals surface area (Å²) in [5.41, 5.74) is 2.85. The number of rotatable bonds is 8. The van der Waals surface area contributed by atoms with Gasteiger partial charge in [0, 0.05) is 44.1 Å². The lowest BCUT2D eigenvalue weighted by Crippen LogP contribution is -2.36. The van der Waals surface area contributed by atoms with Gasteiger partial charge in [0.1, 0.15) is 11.6 Å². The first-order chi connectivity index (χ1) is 16.1. The fourth-order valence-corrected chi connectivity index (χ4v) is 5.58. The molecule has 0 unspecified atom stereocenters. The highest BCUT2D eigenvalue weighted by Crippen LogP contribution is 2.25. The van der Waals surface area contributed by atoms with Crippen LogP contribution in [-0.4, -0.2) is 49.1 Å². The molecule has 4 aromatic rings. The second-order valence-corrected chi connectivity index (χ2v) is 10.0. The molecule has 1 aliphatic rings. The average Bonchev–Trinajstić information content (AvgIpc) is 3.53. The first kappa shape index (κ1) is 21.5. The largest absolute Gasteiger partial charge is 0.348 e. The molecule has 4 heterocycles. The quantitative estimate of drug-likeness (QED) is 0.415. The molecule has 10 heteroatoms. The predicted molar refractivity (Wildman–Crippen MR) is 122 cm³/mol. The molecule has 0 amide bonds. The number of benzene rings is 1. The van der Waals surface area contributed by atoms with Gasteiger partial charge in [0.05, 0.1) is 30.2 Å². The predicted octanol–water partition coefficient (Wildman–Crippen LogP) is 2.48. The van der Waals surface area contributed by atoms with Crippen LogP contribution in [0.5, 0.6) is 0 Å². The fourth-order valence-electron chi connectivity index (χ4n) is 4.11. The molecule has 1 aliphatic heterocycles. The molecular formula is C23H25N7O2S. The minimum atomic E-state index is -3.63. The van der Waals surface area contributed by atoms with E-state index in [1.165, 1.54) is 4.31 Å². The second kappa shape index (κ2) is 9.26. The molecule has 0 spiro atoms. The van der Waals surface area contributed by atoms with Crippen LogP contribution in [0, 0.1) is 0 Å². The zero-order valence-corrected chi connectivity index (χ0v) is 18.9. The lowest BCUT2D eigenvalue weighted by atomic mass is 10.1. The molecule has 0 saturated heterocycles. The lowest BCUT2D eigenvalue weighted by molar-refractivity contribution is 0.236. The molecule has 0 radical (unpaired) electrons. The molecule has 0 aliphatic carbocycles. The Bertz CT molecular complexity index is 1270. The Morgan fingerprint density at radius 2 is 1.67 bits per heavy atom. The number of nitrogens with zero attached hydrogens (tertiary/aromatic N) is 5. The SMILES string of the molecule is O=S(=O)(c1cccc(CN(Cc2ncc[nH]2)Cc2ncc[nH]2)c1)N1CCc2cccnc2C1. The highest BCUT2D eigenvalue weighted by atomic mass is 32.2. The molecule has 170 valence electrons. The smallest absolute Gasteiger partial charge is 0.243 e. The standard InChI is InChI=1S/C23H25N7O2S/c31-33(32,30-12-6-19-4-2-7-24-21(19)15-30)20-5-1-3-18(13-20)14-29(16-22-25-8-9-26-22)17-23-27-10-11-28-23/h1-5,7-11,13H,6,12,14-17H2,(H,25,26)(H,27,28). The Balaban J connectivity index is 1.36. The van der Waals surface area contributed by atoms with E-state index in [4.69, 9.17) is 0 Å². The monoisotopic (exact) mass is 463 g/mol. The molecule has 2 N–H and O–H groups in total. The zero-order chi connectivity index (χ0) is 22.7. The summed E-state index contributed by atoms with van der Waals surface area (Å²) in [7, 11) is -3.63. The van der Waals surface area contributed by atoms with E-state index in [1.54, 1.807) is 49.2 Å². The van der Waals surface area contributed by atoms with E-state index >= 15 is 0 Å². The van der Waals surface area contributed by atoms with Gasteiger partial charge in [0.25, 0.3) is 0 Å². The lowest BCUT2D eigenvalue weighted by Gasteiger charge is -2.27. The van der Waals surface area contributed by atoms with E-state index in [2.05, 4.69) is 29.8 Å². The number of fused-ring (bicyclic) bond motifs is 1. The third-order valence-corrected chi connectivity index (χ3v) is 7.58. The van der Waals surface area contributed by atoms with Gasteiger partial charge in [-0.2, -0.15) is 4.31 Å². The number of hydrogen-bond donors (Lipinski definition) is 2. The summed E-state index contributed by atoms with van der Waals surface area (Å²) in [6.45, 7) is 2.47. The number of H-pyrrole nitrogens is 2. The van der Waals surface area contributed by atoms with Crippen LogP contribution >= 0.6 is 0 Å². The van der Waals surface area contributed by atoms with Crippen molar-refractivity contribution in [2.45, 2.75) is 37.5 Å². The van der Waals surface area contributed by atoms with Crippen LogP contribution in [0.15, 0.2) is 72.3 Å². The number of nitrogens with one attached hydrogen (secondary N) is 2. The van der Waals surface area contributed by atoms with Crippen molar-refractivity contribution in [1.29, 1.82) is 0 Å². The van der Waals surface area contributed by atoms with Crippen LogP contribution in [0.4, 0.5) is 0 Å². The van der Waals surface area contributed by atoms with Gasteiger partial charge in [-0.3, -0.25) is 9.88 Å². The van der Waals surface area contributed by atoms with Crippen LogP contribution in [0.3, 0.4) is 0 Å². The highest BCUT2D eigenvalue weighted by Gasteiger charge is 2.29. The number of sulfonamides is 1. The maximum atomic E-state index is 13.4. The summed E-state index contributed by atoms with van der Waals surface area (Å²) >= 11 is 0. The average molecular weight is 464 g/mol. The van der Waals surface area contributed by atoms with Crippen LogP contribution in [0.1, 0.15) is 28.5 Å². The van der Waals surface area contributed by atoms with Crippen LogP contribution < -0.4 is 0 Å². The number of aromatic nitrogens is 5. The topological polar surface area (TPSA) is 111 Å². The Labute approximate surface area is 192 Å². The minimum Gasteiger partial charge on any atom is -0.348 e. The first-order valence-electron chi connectivity index (χ1n) is 10.8. The van der Waals surface area contributed by atoms with Crippen molar-refractivity contribution in [2.24, 2.45) is 0 Å². The molecule has 3 aromatic heterocycles. The Hall–Kier alpha value is -3.34. The third-order valence-electron chi connectivity index (χ3n) is 5.74. The van der Waals surface area contributed by atoms with Crippen molar-refractivity contribution in [1.82, 2.24) is 34.1 Å². The van der Waals surface area contributed by atoms with Crippen molar-refractivity contribution >= 4 is 10.0 Å². The van der Waals surface area contributed by atoms with Gasteiger partial charge in [-0.05, 0) is 35.7 Å². The van der Waals surface area contributed by atoms with Crippen LogP contribution in [0.2, 0.25) is 0 Å². The van der Waals surface area contributed by atoms with Gasteiger partial charge in [-0.15, -0.1) is 0 Å². The van der Waals surface area contributed by atoms with Crippen molar-refractivity contribution < 1.29 is 8.42 Å². The van der Waals surface area contributed by atoms with E-state index in [0.717, 1.165) is 28.5 Å².